The molecule has 0 spiro atoms. The minimum absolute atomic E-state index is 0.229. The molecule has 1 atom stereocenters. The van der Waals surface area contributed by atoms with E-state index in [1.54, 1.807) is 49.6 Å². The van der Waals surface area contributed by atoms with Crippen LogP contribution in [0.25, 0.3) is 0 Å². The third kappa shape index (κ3) is 3.06. The summed E-state index contributed by atoms with van der Waals surface area (Å²) in [6, 6.07) is 12.2. The largest absolute Gasteiger partial charge is 0.497 e. The summed E-state index contributed by atoms with van der Waals surface area (Å²) in [5.74, 6) is -0.353. The van der Waals surface area contributed by atoms with Gasteiger partial charge in [-0.05, 0) is 29.8 Å². The fraction of sp³-hybridized carbons (Fsp3) is 0.133. The molecule has 0 saturated heterocycles. The quantitative estimate of drug-likeness (QED) is 0.880. The van der Waals surface area contributed by atoms with Gasteiger partial charge < -0.3 is 15.8 Å². The summed E-state index contributed by atoms with van der Waals surface area (Å²) in [6.07, 6.45) is 0. The summed E-state index contributed by atoms with van der Waals surface area (Å²) in [5.41, 5.74) is 6.25. The first kappa shape index (κ1) is 13.9. The molecule has 0 saturated carbocycles. The van der Waals surface area contributed by atoms with E-state index in [1.807, 2.05) is 0 Å². The SMILES string of the molecule is COc1ccc(C(Nc2ccccc2F)C(N)=O)cc1. The second kappa shape index (κ2) is 6.06. The number of halogens is 1. The number of ether oxygens (including phenoxy) is 1. The van der Waals surface area contributed by atoms with Crippen molar-refractivity contribution in [3.05, 3.63) is 59.9 Å². The van der Waals surface area contributed by atoms with Gasteiger partial charge in [-0.2, -0.15) is 0 Å². The standard InChI is InChI=1S/C15H15FN2O2/c1-20-11-8-6-10(7-9-11)14(15(17)19)18-13-5-3-2-4-12(13)16/h2-9,14,18H,1H3,(H2,17,19). The van der Waals surface area contributed by atoms with Gasteiger partial charge in [-0.25, -0.2) is 4.39 Å². The van der Waals surface area contributed by atoms with Crippen LogP contribution in [0.4, 0.5) is 10.1 Å². The summed E-state index contributed by atoms with van der Waals surface area (Å²) in [7, 11) is 1.55. The van der Waals surface area contributed by atoms with Crippen LogP contribution < -0.4 is 15.8 Å². The van der Waals surface area contributed by atoms with Crippen LogP contribution in [-0.4, -0.2) is 13.0 Å². The molecule has 0 bridgehead atoms. The Morgan fingerprint density at radius 2 is 1.85 bits per heavy atom. The zero-order valence-corrected chi connectivity index (χ0v) is 11.0. The van der Waals surface area contributed by atoms with E-state index in [4.69, 9.17) is 10.5 Å². The Bertz CT molecular complexity index is 599. The van der Waals surface area contributed by atoms with Crippen molar-refractivity contribution in [1.82, 2.24) is 0 Å². The topological polar surface area (TPSA) is 64.3 Å². The van der Waals surface area contributed by atoms with E-state index in [9.17, 15) is 9.18 Å². The molecule has 0 aliphatic rings. The highest BCUT2D eigenvalue weighted by Gasteiger charge is 2.18. The van der Waals surface area contributed by atoms with Gasteiger partial charge in [-0.1, -0.05) is 24.3 Å². The molecule has 2 rings (SSSR count). The Balaban J connectivity index is 2.27. The van der Waals surface area contributed by atoms with Crippen molar-refractivity contribution in [3.63, 3.8) is 0 Å². The number of nitrogens with two attached hydrogens (primary N) is 1. The van der Waals surface area contributed by atoms with E-state index in [-0.39, 0.29) is 5.69 Å². The molecule has 1 amide bonds. The highest BCUT2D eigenvalue weighted by Crippen LogP contribution is 2.23. The van der Waals surface area contributed by atoms with Crippen LogP contribution in [0.15, 0.2) is 48.5 Å². The molecule has 3 N–H and O–H groups in total. The van der Waals surface area contributed by atoms with E-state index in [1.165, 1.54) is 6.07 Å². The number of methoxy groups -OCH3 is 1. The van der Waals surface area contributed by atoms with Crippen molar-refractivity contribution < 1.29 is 13.9 Å². The van der Waals surface area contributed by atoms with Crippen LogP contribution in [-0.2, 0) is 4.79 Å². The molecule has 0 heterocycles. The monoisotopic (exact) mass is 274 g/mol. The summed E-state index contributed by atoms with van der Waals surface area (Å²) in [4.78, 5) is 11.6. The van der Waals surface area contributed by atoms with Crippen LogP contribution in [0.2, 0.25) is 0 Å². The molecule has 104 valence electrons. The van der Waals surface area contributed by atoms with Crippen molar-refractivity contribution in [1.29, 1.82) is 0 Å². The third-order valence-corrected chi connectivity index (χ3v) is 2.91. The van der Waals surface area contributed by atoms with Crippen molar-refractivity contribution in [2.24, 2.45) is 5.73 Å². The van der Waals surface area contributed by atoms with Crippen LogP contribution in [0.5, 0.6) is 5.75 Å². The number of hydrogen-bond donors (Lipinski definition) is 2. The molecule has 0 aliphatic heterocycles. The fourth-order valence-electron chi connectivity index (χ4n) is 1.85. The first-order chi connectivity index (χ1) is 9.61. The van der Waals surface area contributed by atoms with Crippen molar-refractivity contribution in [3.8, 4) is 5.75 Å². The maximum atomic E-state index is 13.6. The summed E-state index contributed by atoms with van der Waals surface area (Å²) < 4.78 is 18.7. The van der Waals surface area contributed by atoms with Crippen molar-refractivity contribution in [2.75, 3.05) is 12.4 Å². The summed E-state index contributed by atoms with van der Waals surface area (Å²) >= 11 is 0. The number of para-hydroxylation sites is 1. The smallest absolute Gasteiger partial charge is 0.244 e. The molecule has 0 aliphatic carbocycles. The first-order valence-electron chi connectivity index (χ1n) is 6.06. The van der Waals surface area contributed by atoms with E-state index in [0.717, 1.165) is 0 Å². The number of primary amides is 1. The molecule has 5 heteroatoms. The number of carbonyl (C=O) groups excluding carboxylic acids is 1. The number of anilines is 1. The zero-order valence-electron chi connectivity index (χ0n) is 11.0. The second-order valence-corrected chi connectivity index (χ2v) is 4.23. The predicted molar refractivity (Wildman–Crippen MR) is 75.0 cm³/mol. The van der Waals surface area contributed by atoms with Gasteiger partial charge in [0.15, 0.2) is 0 Å². The Kier molecular flexibility index (Phi) is 4.20. The number of amides is 1. The van der Waals surface area contributed by atoms with Gasteiger partial charge in [0.25, 0.3) is 0 Å². The second-order valence-electron chi connectivity index (χ2n) is 4.23. The number of nitrogens with one attached hydrogen (secondary N) is 1. The lowest BCUT2D eigenvalue weighted by atomic mass is 10.1. The van der Waals surface area contributed by atoms with Gasteiger partial charge in [0.2, 0.25) is 5.91 Å². The van der Waals surface area contributed by atoms with Gasteiger partial charge in [0.1, 0.15) is 17.6 Å². The average molecular weight is 274 g/mol. The molecule has 2 aromatic rings. The van der Waals surface area contributed by atoms with Gasteiger partial charge in [0.05, 0.1) is 12.8 Å². The van der Waals surface area contributed by atoms with E-state index in [2.05, 4.69) is 5.32 Å². The van der Waals surface area contributed by atoms with Gasteiger partial charge in [-0.15, -0.1) is 0 Å². The lowest BCUT2D eigenvalue weighted by molar-refractivity contribution is -0.118. The predicted octanol–water partition coefficient (Wildman–Crippen LogP) is 2.47. The average Bonchev–Trinajstić information content (AvgIpc) is 2.46. The molecule has 1 unspecified atom stereocenters. The Labute approximate surface area is 116 Å². The molecule has 4 nitrogen and oxygen atoms in total. The number of carbonyl (C=O) groups is 1. The lowest BCUT2D eigenvalue weighted by Crippen LogP contribution is -2.28. The minimum atomic E-state index is -0.808. The van der Waals surface area contributed by atoms with Gasteiger partial charge >= 0.3 is 0 Å². The Morgan fingerprint density at radius 1 is 1.20 bits per heavy atom. The van der Waals surface area contributed by atoms with Crippen LogP contribution in [0.3, 0.4) is 0 Å². The Morgan fingerprint density at radius 3 is 2.40 bits per heavy atom. The first-order valence-corrected chi connectivity index (χ1v) is 6.06. The highest BCUT2D eigenvalue weighted by atomic mass is 19.1. The van der Waals surface area contributed by atoms with Crippen molar-refractivity contribution in [2.45, 2.75) is 6.04 Å². The number of hydrogen-bond acceptors (Lipinski definition) is 3. The molecule has 20 heavy (non-hydrogen) atoms. The molecule has 0 radical (unpaired) electrons. The zero-order chi connectivity index (χ0) is 14.5. The number of benzene rings is 2. The molecule has 2 aromatic carbocycles. The third-order valence-electron chi connectivity index (χ3n) is 2.91. The normalized spacial score (nSPS) is 11.7. The summed E-state index contributed by atoms with van der Waals surface area (Å²) in [5, 5.41) is 2.81. The van der Waals surface area contributed by atoms with Crippen LogP contribution >= 0.6 is 0 Å². The minimum Gasteiger partial charge on any atom is -0.497 e. The molecular formula is C15H15FN2O2. The van der Waals surface area contributed by atoms with Crippen molar-refractivity contribution >= 4 is 11.6 Å². The molecule has 0 fully saturated rings. The summed E-state index contributed by atoms with van der Waals surface area (Å²) in [6.45, 7) is 0. The van der Waals surface area contributed by atoms with Gasteiger partial charge in [0, 0.05) is 0 Å². The molecular weight excluding hydrogens is 259 g/mol. The molecule has 0 aromatic heterocycles. The Hall–Kier alpha value is -2.56. The maximum absolute atomic E-state index is 13.6. The highest BCUT2D eigenvalue weighted by molar-refractivity contribution is 5.84. The van der Waals surface area contributed by atoms with Crippen LogP contribution in [0.1, 0.15) is 11.6 Å². The lowest BCUT2D eigenvalue weighted by Gasteiger charge is -2.17. The van der Waals surface area contributed by atoms with E-state index in [0.29, 0.717) is 11.3 Å². The maximum Gasteiger partial charge on any atom is 0.244 e. The van der Waals surface area contributed by atoms with Gasteiger partial charge in [-0.3, -0.25) is 4.79 Å². The number of rotatable bonds is 5. The van der Waals surface area contributed by atoms with E-state index < -0.39 is 17.8 Å². The fourth-order valence-corrected chi connectivity index (χ4v) is 1.85. The van der Waals surface area contributed by atoms with Crippen LogP contribution in [0, 0.1) is 5.82 Å². The van der Waals surface area contributed by atoms with E-state index >= 15 is 0 Å².